The molecule has 12 nitrogen and oxygen atoms in total. The molecule has 1 heterocycles. The van der Waals surface area contributed by atoms with Crippen LogP contribution in [0.3, 0.4) is 0 Å². The normalized spacial score (nSPS) is 16.5. The number of amides is 2. The van der Waals surface area contributed by atoms with Crippen molar-refractivity contribution in [1.82, 2.24) is 10.2 Å². The highest BCUT2D eigenvalue weighted by atomic mass is 33.1. The number of carbonyl (C=O) groups excluding carboxylic acids is 3. The number of β-lactam (4-membered cyclic amide) rings is 1. The van der Waals surface area contributed by atoms with Crippen molar-refractivity contribution >= 4 is 47.6 Å². The number of hydrogen-bond donors (Lipinski definition) is 1. The molecule has 0 aromatic heterocycles. The van der Waals surface area contributed by atoms with E-state index in [4.69, 9.17) is 13.7 Å². The van der Waals surface area contributed by atoms with Crippen molar-refractivity contribution in [2.45, 2.75) is 36.3 Å². The first-order chi connectivity index (χ1) is 24.2. The van der Waals surface area contributed by atoms with E-state index in [0.29, 0.717) is 27.7 Å². The number of esters is 1. The number of carbonyl (C=O) groups is 3. The van der Waals surface area contributed by atoms with E-state index >= 15 is 0 Å². The Morgan fingerprint density at radius 2 is 1.35 bits per heavy atom. The minimum absolute atomic E-state index is 0.0969. The highest BCUT2D eigenvalue weighted by molar-refractivity contribution is 8.72. The highest BCUT2D eigenvalue weighted by Crippen LogP contribution is 2.41. The molecule has 0 aliphatic carbocycles. The molecule has 0 spiro atoms. The van der Waals surface area contributed by atoms with E-state index in [1.54, 1.807) is 110 Å². The van der Waals surface area contributed by atoms with Gasteiger partial charge in [0.2, 0.25) is 8.87 Å². The lowest BCUT2D eigenvalue weighted by Crippen LogP contribution is -2.70. The second-order valence-electron chi connectivity index (χ2n) is 11.4. The number of likely N-dealkylation sites (tertiary alicyclic amines) is 1. The second kappa shape index (κ2) is 15.8. The lowest BCUT2D eigenvalue weighted by molar-refractivity contribution is -0.155. The summed E-state index contributed by atoms with van der Waals surface area (Å²) in [5.41, 5.74) is 1.26. The van der Waals surface area contributed by atoms with Crippen LogP contribution in [0.15, 0.2) is 132 Å². The number of ether oxygens (including phenoxy) is 2. The van der Waals surface area contributed by atoms with Crippen LogP contribution in [-0.2, 0) is 42.3 Å². The Hall–Kier alpha value is -5.12. The van der Waals surface area contributed by atoms with Gasteiger partial charge in [-0.25, -0.2) is 13.2 Å². The molecular formula is C36H34N2O10S3. The standard InChI is InChI=1S/C36H34N2O10S3/c1-24-19-21-29(22-20-24)51(44,45)49-35-31(37-30(39)23-46-28-17-11-6-12-18-28)34(40)38(35)32(25(2)48-50(3,42)43)36(41)47-33(26-13-7-4-8-14-26)27-15-9-5-10-16-27/h4-22,31,33,35H,23H2,1-3H3,(H,37,39). The number of allylic oxidation sites excluding steroid dienone is 1. The van der Waals surface area contributed by atoms with E-state index in [9.17, 15) is 31.2 Å². The van der Waals surface area contributed by atoms with Crippen LogP contribution < -0.4 is 10.1 Å². The fraction of sp³-hybridized carbons (Fsp3) is 0.194. The van der Waals surface area contributed by atoms with E-state index < -0.39 is 72.4 Å². The van der Waals surface area contributed by atoms with Gasteiger partial charge >= 0.3 is 16.1 Å². The van der Waals surface area contributed by atoms with Crippen molar-refractivity contribution in [2.24, 2.45) is 0 Å². The van der Waals surface area contributed by atoms with Gasteiger partial charge in [0.25, 0.3) is 11.8 Å². The Balaban J connectivity index is 1.53. The van der Waals surface area contributed by atoms with Gasteiger partial charge in [-0.05, 0) is 49.2 Å². The molecule has 51 heavy (non-hydrogen) atoms. The SMILES string of the molecule is CC(OS(C)(=O)=O)=C(C(=O)OC(c1ccccc1)c1ccccc1)N1C(=O)C(NC(=O)COc2ccccc2)C1SS(=O)(=O)c1ccc(C)cc1. The average molecular weight is 751 g/mol. The third-order valence-corrected chi connectivity index (χ3v) is 11.7. The maximum atomic E-state index is 14.2. The third-order valence-electron chi connectivity index (χ3n) is 7.48. The average Bonchev–Trinajstić information content (AvgIpc) is 3.10. The molecule has 1 saturated heterocycles. The van der Waals surface area contributed by atoms with Crippen LogP contribution in [0, 0.1) is 6.92 Å². The number of nitrogens with one attached hydrogen (secondary N) is 1. The van der Waals surface area contributed by atoms with Crippen molar-refractivity contribution < 1.29 is 44.9 Å². The summed E-state index contributed by atoms with van der Waals surface area (Å²) in [4.78, 5) is 41.8. The van der Waals surface area contributed by atoms with E-state index in [1.165, 1.54) is 12.1 Å². The van der Waals surface area contributed by atoms with Gasteiger partial charge in [0.15, 0.2) is 18.4 Å². The van der Waals surface area contributed by atoms with Gasteiger partial charge in [0, 0.05) is 10.8 Å². The summed E-state index contributed by atoms with van der Waals surface area (Å²) in [6.45, 7) is 2.41. The molecule has 1 N–H and O–H groups in total. The quantitative estimate of drug-likeness (QED) is 0.0475. The van der Waals surface area contributed by atoms with Crippen molar-refractivity contribution in [2.75, 3.05) is 12.9 Å². The Bertz CT molecular complexity index is 2090. The zero-order chi connectivity index (χ0) is 36.8. The minimum atomic E-state index is -4.25. The van der Waals surface area contributed by atoms with Crippen LogP contribution in [0.25, 0.3) is 0 Å². The van der Waals surface area contributed by atoms with Gasteiger partial charge in [-0.3, -0.25) is 14.5 Å². The minimum Gasteiger partial charge on any atom is -0.484 e. The first-order valence-corrected chi connectivity index (χ1v) is 20.1. The summed E-state index contributed by atoms with van der Waals surface area (Å²) in [7, 11) is -8.20. The smallest absolute Gasteiger partial charge is 0.359 e. The van der Waals surface area contributed by atoms with Crippen LogP contribution >= 0.6 is 10.8 Å². The Morgan fingerprint density at radius 3 is 1.88 bits per heavy atom. The van der Waals surface area contributed by atoms with Gasteiger partial charge in [-0.1, -0.05) is 96.6 Å². The fourth-order valence-electron chi connectivity index (χ4n) is 5.13. The number of para-hydroxylation sites is 1. The van der Waals surface area contributed by atoms with Gasteiger partial charge in [0.05, 0.1) is 11.2 Å². The first kappa shape index (κ1) is 37.1. The lowest BCUT2D eigenvalue weighted by atomic mass is 10.0. The Labute approximate surface area is 299 Å². The molecule has 1 aliphatic heterocycles. The van der Waals surface area contributed by atoms with Crippen LogP contribution in [0.5, 0.6) is 5.75 Å². The topological polar surface area (TPSA) is 162 Å². The maximum absolute atomic E-state index is 14.2. The largest absolute Gasteiger partial charge is 0.484 e. The summed E-state index contributed by atoms with van der Waals surface area (Å²) in [6, 6.07) is 30.3. The van der Waals surface area contributed by atoms with Crippen molar-refractivity contribution in [3.8, 4) is 5.75 Å². The Morgan fingerprint density at radius 1 is 0.824 bits per heavy atom. The van der Waals surface area contributed by atoms with Crippen LogP contribution in [0.1, 0.15) is 29.7 Å². The molecule has 2 atom stereocenters. The molecule has 4 aromatic rings. The van der Waals surface area contributed by atoms with Crippen LogP contribution in [0.4, 0.5) is 0 Å². The zero-order valence-electron chi connectivity index (χ0n) is 27.7. The predicted octanol–water partition coefficient (Wildman–Crippen LogP) is 4.69. The van der Waals surface area contributed by atoms with E-state index in [-0.39, 0.29) is 4.90 Å². The summed E-state index contributed by atoms with van der Waals surface area (Å²) in [6.07, 6.45) is -0.275. The molecular weight excluding hydrogens is 717 g/mol. The predicted molar refractivity (Wildman–Crippen MR) is 190 cm³/mol. The molecule has 0 saturated carbocycles. The molecule has 0 bridgehead atoms. The molecule has 1 aliphatic rings. The van der Waals surface area contributed by atoms with Crippen molar-refractivity contribution in [1.29, 1.82) is 0 Å². The van der Waals surface area contributed by atoms with Gasteiger partial charge in [-0.15, -0.1) is 0 Å². The van der Waals surface area contributed by atoms with E-state index in [2.05, 4.69) is 5.32 Å². The van der Waals surface area contributed by atoms with Crippen LogP contribution in [0.2, 0.25) is 0 Å². The number of nitrogens with zero attached hydrogens (tertiary/aromatic N) is 1. The first-order valence-electron chi connectivity index (χ1n) is 15.4. The van der Waals surface area contributed by atoms with E-state index in [1.807, 2.05) is 0 Å². The monoisotopic (exact) mass is 750 g/mol. The van der Waals surface area contributed by atoms with Crippen LogP contribution in [-0.4, -0.2) is 63.8 Å². The Kier molecular flexibility index (Phi) is 11.5. The molecule has 1 fully saturated rings. The van der Waals surface area contributed by atoms with Crippen molar-refractivity contribution in [3.05, 3.63) is 143 Å². The maximum Gasteiger partial charge on any atom is 0.359 e. The summed E-state index contributed by atoms with van der Waals surface area (Å²) in [5.74, 6) is -3.02. The second-order valence-corrected chi connectivity index (χ2v) is 16.9. The molecule has 5 rings (SSSR count). The number of benzene rings is 4. The number of hydrogen-bond acceptors (Lipinski definition) is 11. The molecule has 266 valence electrons. The molecule has 15 heteroatoms. The molecule has 4 aromatic carbocycles. The third kappa shape index (κ3) is 9.36. The van der Waals surface area contributed by atoms with E-state index in [0.717, 1.165) is 23.6 Å². The summed E-state index contributed by atoms with van der Waals surface area (Å²) < 4.78 is 68.5. The fourth-order valence-corrected chi connectivity index (χ4v) is 9.13. The number of aryl methyl sites for hydroxylation is 1. The molecule has 0 radical (unpaired) electrons. The van der Waals surface area contributed by atoms with Gasteiger partial charge < -0.3 is 19.0 Å². The van der Waals surface area contributed by atoms with Gasteiger partial charge in [-0.2, -0.15) is 8.42 Å². The molecule has 2 amide bonds. The molecule has 2 unspecified atom stereocenters. The lowest BCUT2D eigenvalue weighted by Gasteiger charge is -2.46. The zero-order valence-corrected chi connectivity index (χ0v) is 30.1. The van der Waals surface area contributed by atoms with Crippen molar-refractivity contribution in [3.63, 3.8) is 0 Å². The summed E-state index contributed by atoms with van der Waals surface area (Å²) in [5, 5.41) is 1.02. The number of rotatable bonds is 14. The van der Waals surface area contributed by atoms with Gasteiger partial charge in [0.1, 0.15) is 22.9 Å². The highest BCUT2D eigenvalue weighted by Gasteiger charge is 2.55. The summed E-state index contributed by atoms with van der Waals surface area (Å²) >= 11 is 0.